The number of nitrogens with zero attached hydrogens (tertiary/aromatic N) is 1. The third-order valence-corrected chi connectivity index (χ3v) is 3.12. The van der Waals surface area contributed by atoms with E-state index >= 15 is 0 Å². The number of hydrogen-bond acceptors (Lipinski definition) is 4. The first-order valence-corrected chi connectivity index (χ1v) is 6.78. The number of ether oxygens (including phenoxy) is 1. The van der Waals surface area contributed by atoms with Crippen LogP contribution in [0, 0.1) is 0 Å². The molecule has 5 heteroatoms. The molecule has 2 rings (SSSR count). The minimum absolute atomic E-state index is 0.167. The lowest BCUT2D eigenvalue weighted by atomic mass is 10.1. The summed E-state index contributed by atoms with van der Waals surface area (Å²) in [7, 11) is 3.25. The van der Waals surface area contributed by atoms with Gasteiger partial charge in [-0.1, -0.05) is 0 Å². The number of benzene rings is 1. The Hall–Kier alpha value is -2.56. The van der Waals surface area contributed by atoms with Crippen molar-refractivity contribution in [2.24, 2.45) is 0 Å². The van der Waals surface area contributed by atoms with Gasteiger partial charge in [-0.2, -0.15) is 0 Å². The number of aromatic nitrogens is 1. The van der Waals surface area contributed by atoms with Crippen molar-refractivity contribution in [1.29, 1.82) is 0 Å². The van der Waals surface area contributed by atoms with E-state index in [9.17, 15) is 4.79 Å². The highest BCUT2D eigenvalue weighted by Gasteiger charge is 2.05. The van der Waals surface area contributed by atoms with Gasteiger partial charge in [0.25, 0.3) is 5.91 Å². The van der Waals surface area contributed by atoms with Gasteiger partial charge in [0.1, 0.15) is 11.4 Å². The monoisotopic (exact) mass is 285 g/mol. The molecule has 5 nitrogen and oxygen atoms in total. The van der Waals surface area contributed by atoms with Crippen molar-refractivity contribution in [3.05, 3.63) is 53.9 Å². The van der Waals surface area contributed by atoms with Gasteiger partial charge in [-0.25, -0.2) is 0 Å². The van der Waals surface area contributed by atoms with Gasteiger partial charge in [-0.05, 0) is 48.4 Å². The number of carbonyl (C=O) groups is 1. The van der Waals surface area contributed by atoms with Gasteiger partial charge in [0, 0.05) is 25.5 Å². The van der Waals surface area contributed by atoms with Gasteiger partial charge in [-0.15, -0.1) is 0 Å². The molecule has 21 heavy (non-hydrogen) atoms. The van der Waals surface area contributed by atoms with Crippen LogP contribution in [0.4, 0.5) is 5.69 Å². The molecule has 1 aromatic heterocycles. The lowest BCUT2D eigenvalue weighted by Gasteiger charge is -2.08. The van der Waals surface area contributed by atoms with Gasteiger partial charge in [0.2, 0.25) is 0 Å². The first kappa shape index (κ1) is 14.8. The fourth-order valence-electron chi connectivity index (χ4n) is 1.94. The molecule has 0 saturated carbocycles. The van der Waals surface area contributed by atoms with Crippen molar-refractivity contribution in [2.75, 3.05) is 26.0 Å². The Kier molecular flexibility index (Phi) is 5.15. The molecule has 1 aromatic carbocycles. The SMILES string of the molecule is CNC(=O)c1cc(CCNc2ccc(OC)cc2)ccn1. The van der Waals surface area contributed by atoms with Crippen LogP contribution in [-0.2, 0) is 6.42 Å². The second-order valence-electron chi connectivity index (χ2n) is 4.53. The first-order valence-electron chi connectivity index (χ1n) is 6.78. The van der Waals surface area contributed by atoms with E-state index in [0.29, 0.717) is 5.69 Å². The largest absolute Gasteiger partial charge is 0.497 e. The normalized spacial score (nSPS) is 10.0. The smallest absolute Gasteiger partial charge is 0.269 e. The Labute approximate surface area is 124 Å². The van der Waals surface area contributed by atoms with Gasteiger partial charge < -0.3 is 15.4 Å². The molecule has 2 N–H and O–H groups in total. The van der Waals surface area contributed by atoms with E-state index in [1.807, 2.05) is 36.4 Å². The molecule has 110 valence electrons. The molecule has 0 saturated heterocycles. The maximum Gasteiger partial charge on any atom is 0.269 e. The lowest BCUT2D eigenvalue weighted by molar-refractivity contribution is 0.0958. The molecule has 0 spiro atoms. The number of rotatable bonds is 6. The minimum atomic E-state index is -0.167. The van der Waals surface area contributed by atoms with E-state index < -0.39 is 0 Å². The highest BCUT2D eigenvalue weighted by molar-refractivity contribution is 5.92. The molecule has 0 unspecified atom stereocenters. The second kappa shape index (κ2) is 7.28. The summed E-state index contributed by atoms with van der Waals surface area (Å²) in [6, 6.07) is 11.5. The van der Waals surface area contributed by atoms with E-state index in [2.05, 4.69) is 15.6 Å². The summed E-state index contributed by atoms with van der Waals surface area (Å²) in [6.07, 6.45) is 2.48. The Morgan fingerprint density at radius 2 is 2.00 bits per heavy atom. The number of amides is 1. The molecule has 0 aliphatic carbocycles. The molecule has 0 radical (unpaired) electrons. The van der Waals surface area contributed by atoms with E-state index in [-0.39, 0.29) is 5.91 Å². The molecule has 0 atom stereocenters. The quantitative estimate of drug-likeness (QED) is 0.853. The Balaban J connectivity index is 1.89. The van der Waals surface area contributed by atoms with Crippen molar-refractivity contribution in [3.63, 3.8) is 0 Å². The van der Waals surface area contributed by atoms with Crippen molar-refractivity contribution >= 4 is 11.6 Å². The third kappa shape index (κ3) is 4.21. The topological polar surface area (TPSA) is 63.2 Å². The van der Waals surface area contributed by atoms with Crippen molar-refractivity contribution in [1.82, 2.24) is 10.3 Å². The van der Waals surface area contributed by atoms with E-state index in [0.717, 1.165) is 30.0 Å². The summed E-state index contributed by atoms with van der Waals surface area (Å²) in [4.78, 5) is 15.6. The van der Waals surface area contributed by atoms with Gasteiger partial charge in [0.15, 0.2) is 0 Å². The Morgan fingerprint density at radius 3 is 2.67 bits per heavy atom. The molecule has 2 aromatic rings. The average Bonchev–Trinajstić information content (AvgIpc) is 2.55. The molecule has 0 aliphatic heterocycles. The zero-order valence-corrected chi connectivity index (χ0v) is 12.2. The van der Waals surface area contributed by atoms with Gasteiger partial charge in [0.05, 0.1) is 7.11 Å². The standard InChI is InChI=1S/C16H19N3O2/c1-17-16(20)15-11-12(8-10-19-15)7-9-18-13-3-5-14(21-2)6-4-13/h3-6,8,10-11,18H,7,9H2,1-2H3,(H,17,20). The number of carbonyl (C=O) groups excluding carboxylic acids is 1. The molecule has 0 fully saturated rings. The van der Waals surface area contributed by atoms with Crippen molar-refractivity contribution in [2.45, 2.75) is 6.42 Å². The minimum Gasteiger partial charge on any atom is -0.497 e. The van der Waals surface area contributed by atoms with Gasteiger partial charge in [-0.3, -0.25) is 9.78 Å². The highest BCUT2D eigenvalue weighted by Crippen LogP contribution is 2.15. The van der Waals surface area contributed by atoms with Crippen LogP contribution < -0.4 is 15.4 Å². The Morgan fingerprint density at radius 1 is 1.24 bits per heavy atom. The van der Waals surface area contributed by atoms with Gasteiger partial charge >= 0.3 is 0 Å². The summed E-state index contributed by atoms with van der Waals surface area (Å²) in [5, 5.41) is 5.90. The van der Waals surface area contributed by atoms with Crippen LogP contribution in [0.15, 0.2) is 42.6 Å². The summed E-state index contributed by atoms with van der Waals surface area (Å²) in [5.74, 6) is 0.671. The van der Waals surface area contributed by atoms with Crippen LogP contribution in [-0.4, -0.2) is 31.6 Å². The maximum absolute atomic E-state index is 11.5. The van der Waals surface area contributed by atoms with E-state index in [1.54, 1.807) is 20.4 Å². The van der Waals surface area contributed by atoms with Crippen LogP contribution in [0.2, 0.25) is 0 Å². The first-order chi connectivity index (χ1) is 10.2. The fraction of sp³-hybridized carbons (Fsp3) is 0.250. The van der Waals surface area contributed by atoms with E-state index in [1.165, 1.54) is 0 Å². The number of anilines is 1. The zero-order chi connectivity index (χ0) is 15.1. The molecular formula is C16H19N3O2. The molecule has 0 aliphatic rings. The van der Waals surface area contributed by atoms with Crippen molar-refractivity contribution < 1.29 is 9.53 Å². The molecule has 1 amide bonds. The fourth-order valence-corrected chi connectivity index (χ4v) is 1.94. The average molecular weight is 285 g/mol. The summed E-state index contributed by atoms with van der Waals surface area (Å²) in [5.41, 5.74) is 2.56. The summed E-state index contributed by atoms with van der Waals surface area (Å²) in [6.45, 7) is 0.781. The number of pyridine rings is 1. The Bertz CT molecular complexity index is 597. The molecule has 0 bridgehead atoms. The molecule has 1 heterocycles. The van der Waals surface area contributed by atoms with Crippen LogP contribution in [0.1, 0.15) is 16.1 Å². The number of hydrogen-bond donors (Lipinski definition) is 2. The van der Waals surface area contributed by atoms with Crippen molar-refractivity contribution in [3.8, 4) is 5.75 Å². The third-order valence-electron chi connectivity index (χ3n) is 3.12. The van der Waals surface area contributed by atoms with E-state index in [4.69, 9.17) is 4.74 Å². The van der Waals surface area contributed by atoms with Crippen LogP contribution >= 0.6 is 0 Å². The lowest BCUT2D eigenvalue weighted by Crippen LogP contribution is -2.19. The highest BCUT2D eigenvalue weighted by atomic mass is 16.5. The number of nitrogens with one attached hydrogen (secondary N) is 2. The predicted octanol–water partition coefficient (Wildman–Crippen LogP) is 2.10. The van der Waals surface area contributed by atoms with Crippen LogP contribution in [0.3, 0.4) is 0 Å². The molecular weight excluding hydrogens is 266 g/mol. The summed E-state index contributed by atoms with van der Waals surface area (Å²) >= 11 is 0. The zero-order valence-electron chi connectivity index (χ0n) is 12.2. The predicted molar refractivity (Wildman–Crippen MR) is 82.8 cm³/mol. The summed E-state index contributed by atoms with van der Waals surface area (Å²) < 4.78 is 5.12. The number of methoxy groups -OCH3 is 1. The second-order valence-corrected chi connectivity index (χ2v) is 4.53. The maximum atomic E-state index is 11.5. The van der Waals surface area contributed by atoms with Crippen LogP contribution in [0.5, 0.6) is 5.75 Å². The van der Waals surface area contributed by atoms with Crippen LogP contribution in [0.25, 0.3) is 0 Å².